The lowest BCUT2D eigenvalue weighted by molar-refractivity contribution is -0.142. The molecule has 0 spiro atoms. The van der Waals surface area contributed by atoms with Gasteiger partial charge in [-0.3, -0.25) is 15.2 Å². The van der Waals surface area contributed by atoms with E-state index in [2.05, 4.69) is 10.4 Å². The molecule has 0 aliphatic heterocycles. The Morgan fingerprint density at radius 1 is 1.64 bits per heavy atom. The van der Waals surface area contributed by atoms with Gasteiger partial charge in [-0.05, 0) is 19.8 Å². The molecular weight excluding hydrogens is 186 g/mol. The van der Waals surface area contributed by atoms with Crippen LogP contribution in [0, 0.1) is 0 Å². The molecule has 0 amide bonds. The van der Waals surface area contributed by atoms with Gasteiger partial charge in [-0.15, -0.1) is 0 Å². The van der Waals surface area contributed by atoms with Gasteiger partial charge in [0, 0.05) is 6.54 Å². The van der Waals surface area contributed by atoms with Gasteiger partial charge in [-0.1, -0.05) is 0 Å². The molecular formula is C7H17N5O2. The average molecular weight is 203 g/mol. The minimum Gasteiger partial charge on any atom is -0.480 e. The highest BCUT2D eigenvalue weighted by Crippen LogP contribution is 2.08. The molecule has 0 rings (SSSR count). The zero-order valence-electron chi connectivity index (χ0n) is 8.16. The molecule has 0 aromatic carbocycles. The van der Waals surface area contributed by atoms with E-state index in [1.807, 2.05) is 0 Å². The Hall–Kier alpha value is -1.34. The summed E-state index contributed by atoms with van der Waals surface area (Å²) in [5.41, 5.74) is 11.7. The summed E-state index contributed by atoms with van der Waals surface area (Å²) in [5, 5.41) is 8.68. The molecule has 7 heteroatoms. The molecule has 8 N–H and O–H groups in total. The fraction of sp³-hybridized carbons (Fsp3) is 0.714. The Labute approximate surface area is 82.3 Å². The van der Waals surface area contributed by atoms with E-state index in [0.29, 0.717) is 19.4 Å². The van der Waals surface area contributed by atoms with Gasteiger partial charge in [0.1, 0.15) is 5.54 Å². The van der Waals surface area contributed by atoms with Crippen LogP contribution in [0.3, 0.4) is 0 Å². The highest BCUT2D eigenvalue weighted by molar-refractivity contribution is 5.78. The van der Waals surface area contributed by atoms with Gasteiger partial charge in [-0.25, -0.2) is 5.84 Å². The van der Waals surface area contributed by atoms with Crippen LogP contribution in [-0.2, 0) is 4.79 Å². The molecule has 0 bridgehead atoms. The molecule has 0 saturated carbocycles. The van der Waals surface area contributed by atoms with Gasteiger partial charge in [0.05, 0.1) is 0 Å². The van der Waals surface area contributed by atoms with Crippen LogP contribution in [-0.4, -0.2) is 29.1 Å². The lowest BCUT2D eigenvalue weighted by Gasteiger charge is -2.17. The van der Waals surface area contributed by atoms with Crippen molar-refractivity contribution in [1.82, 2.24) is 5.43 Å². The first-order valence-corrected chi connectivity index (χ1v) is 4.19. The summed E-state index contributed by atoms with van der Waals surface area (Å²) >= 11 is 0. The largest absolute Gasteiger partial charge is 0.480 e. The summed E-state index contributed by atoms with van der Waals surface area (Å²) in [6.07, 6.45) is 0.880. The summed E-state index contributed by atoms with van der Waals surface area (Å²) < 4.78 is 0. The Bertz CT molecular complexity index is 226. The number of guanidine groups is 1. The smallest absolute Gasteiger partial charge is 0.323 e. The highest BCUT2D eigenvalue weighted by Gasteiger charge is 2.26. The van der Waals surface area contributed by atoms with E-state index in [-0.39, 0.29) is 5.96 Å². The topological polar surface area (TPSA) is 140 Å². The van der Waals surface area contributed by atoms with E-state index in [9.17, 15) is 4.79 Å². The standard InChI is InChI=1S/C7H17N5O2/c1-7(9,5(13)14)3-2-4-11-6(8)12-10/h2-4,9-10H2,1H3,(H,13,14)(H3,8,11,12). The van der Waals surface area contributed by atoms with Crippen molar-refractivity contribution in [2.45, 2.75) is 25.3 Å². The Kier molecular flexibility index (Phi) is 4.89. The van der Waals surface area contributed by atoms with Crippen LogP contribution in [0.5, 0.6) is 0 Å². The number of rotatable bonds is 5. The van der Waals surface area contributed by atoms with E-state index in [4.69, 9.17) is 22.4 Å². The van der Waals surface area contributed by atoms with E-state index in [0.717, 1.165) is 0 Å². The molecule has 1 unspecified atom stereocenters. The van der Waals surface area contributed by atoms with E-state index in [1.54, 1.807) is 0 Å². The van der Waals surface area contributed by atoms with Crippen LogP contribution < -0.4 is 22.7 Å². The van der Waals surface area contributed by atoms with Crippen molar-refractivity contribution in [2.24, 2.45) is 22.3 Å². The second-order valence-electron chi connectivity index (χ2n) is 3.24. The number of nitrogens with zero attached hydrogens (tertiary/aromatic N) is 1. The van der Waals surface area contributed by atoms with Crippen molar-refractivity contribution < 1.29 is 9.90 Å². The Balaban J connectivity index is 3.80. The van der Waals surface area contributed by atoms with Crippen molar-refractivity contribution in [3.8, 4) is 0 Å². The van der Waals surface area contributed by atoms with Gasteiger partial charge in [0.25, 0.3) is 0 Å². The maximum atomic E-state index is 10.6. The monoisotopic (exact) mass is 203 g/mol. The van der Waals surface area contributed by atoms with Crippen molar-refractivity contribution in [3.05, 3.63) is 0 Å². The number of hydrogen-bond donors (Lipinski definition) is 5. The number of nitrogens with two attached hydrogens (primary N) is 3. The fourth-order valence-electron chi connectivity index (χ4n) is 0.798. The number of carboxylic acid groups (broad SMARTS) is 1. The summed E-state index contributed by atoms with van der Waals surface area (Å²) in [6, 6.07) is 0. The molecule has 14 heavy (non-hydrogen) atoms. The lowest BCUT2D eigenvalue weighted by atomic mass is 9.98. The van der Waals surface area contributed by atoms with Crippen LogP contribution in [0.25, 0.3) is 0 Å². The van der Waals surface area contributed by atoms with E-state index in [1.165, 1.54) is 6.92 Å². The predicted octanol–water partition coefficient (Wildman–Crippen LogP) is -1.65. The van der Waals surface area contributed by atoms with Crippen LogP contribution >= 0.6 is 0 Å². The maximum absolute atomic E-state index is 10.6. The molecule has 82 valence electrons. The second-order valence-corrected chi connectivity index (χ2v) is 3.24. The number of hydrogen-bond acceptors (Lipinski definition) is 4. The van der Waals surface area contributed by atoms with E-state index < -0.39 is 11.5 Å². The first-order valence-electron chi connectivity index (χ1n) is 4.19. The molecule has 7 nitrogen and oxygen atoms in total. The molecule has 1 atom stereocenters. The zero-order chi connectivity index (χ0) is 11.2. The maximum Gasteiger partial charge on any atom is 0.323 e. The molecule has 0 radical (unpaired) electrons. The predicted molar refractivity (Wildman–Crippen MR) is 53.3 cm³/mol. The second kappa shape index (κ2) is 5.40. The summed E-state index contributed by atoms with van der Waals surface area (Å²) in [7, 11) is 0. The van der Waals surface area contributed by atoms with Crippen molar-refractivity contribution in [1.29, 1.82) is 0 Å². The summed E-state index contributed by atoms with van der Waals surface area (Å²) in [4.78, 5) is 14.4. The minimum absolute atomic E-state index is 0.124. The van der Waals surface area contributed by atoms with Crippen LogP contribution in [0.15, 0.2) is 4.99 Å². The number of carbonyl (C=O) groups is 1. The molecule has 0 aromatic rings. The lowest BCUT2D eigenvalue weighted by Crippen LogP contribution is -2.44. The first-order chi connectivity index (χ1) is 6.40. The van der Waals surface area contributed by atoms with Gasteiger partial charge < -0.3 is 16.6 Å². The van der Waals surface area contributed by atoms with Gasteiger partial charge in [-0.2, -0.15) is 0 Å². The number of aliphatic carboxylic acids is 1. The quantitative estimate of drug-likeness (QED) is 0.119. The number of hydrazine groups is 1. The van der Waals surface area contributed by atoms with Crippen LogP contribution in [0.2, 0.25) is 0 Å². The third-order valence-electron chi connectivity index (χ3n) is 1.77. The average Bonchev–Trinajstić information content (AvgIpc) is 2.11. The zero-order valence-corrected chi connectivity index (χ0v) is 8.16. The van der Waals surface area contributed by atoms with Crippen molar-refractivity contribution >= 4 is 11.9 Å². The SMILES string of the molecule is CC(N)(CCCN=C(N)NN)C(=O)O. The molecule has 0 aliphatic rings. The number of aliphatic imine (C=N–C) groups is 1. The van der Waals surface area contributed by atoms with Gasteiger partial charge in [0.15, 0.2) is 0 Å². The van der Waals surface area contributed by atoms with Crippen LogP contribution in [0.1, 0.15) is 19.8 Å². The normalized spacial score (nSPS) is 16.1. The van der Waals surface area contributed by atoms with Gasteiger partial charge >= 0.3 is 5.97 Å². The number of nitrogens with one attached hydrogen (secondary N) is 1. The van der Waals surface area contributed by atoms with Crippen molar-refractivity contribution in [3.63, 3.8) is 0 Å². The molecule has 0 aromatic heterocycles. The highest BCUT2D eigenvalue weighted by atomic mass is 16.4. The molecule has 0 saturated heterocycles. The van der Waals surface area contributed by atoms with E-state index >= 15 is 0 Å². The minimum atomic E-state index is -1.21. The van der Waals surface area contributed by atoms with Gasteiger partial charge in [0.2, 0.25) is 5.96 Å². The molecule has 0 heterocycles. The fourth-order valence-corrected chi connectivity index (χ4v) is 0.798. The third kappa shape index (κ3) is 4.63. The summed E-state index contributed by atoms with van der Waals surface area (Å²) in [6.45, 7) is 1.86. The molecule has 0 aliphatic carbocycles. The van der Waals surface area contributed by atoms with Crippen LogP contribution in [0.4, 0.5) is 0 Å². The first kappa shape index (κ1) is 12.7. The third-order valence-corrected chi connectivity index (χ3v) is 1.77. The Morgan fingerprint density at radius 3 is 2.64 bits per heavy atom. The number of carboxylic acids is 1. The summed E-state index contributed by atoms with van der Waals surface area (Å²) in [5.74, 6) is 4.07. The Morgan fingerprint density at radius 2 is 2.21 bits per heavy atom. The molecule has 0 fully saturated rings. The van der Waals surface area contributed by atoms with Crippen molar-refractivity contribution in [2.75, 3.05) is 6.54 Å².